The fourth-order valence-corrected chi connectivity index (χ4v) is 2.79. The molecule has 0 N–H and O–H groups in total. The molecule has 7 heteroatoms. The molecule has 3 heterocycles. The van der Waals surface area contributed by atoms with Crippen molar-refractivity contribution in [1.82, 2.24) is 9.88 Å². The summed E-state index contributed by atoms with van der Waals surface area (Å²) in [4.78, 5) is 28.4. The lowest BCUT2D eigenvalue weighted by Crippen LogP contribution is -2.62. The predicted molar refractivity (Wildman–Crippen MR) is 78.0 cm³/mol. The van der Waals surface area contributed by atoms with Crippen LogP contribution in [0.4, 0.5) is 4.79 Å². The van der Waals surface area contributed by atoms with Gasteiger partial charge in [0.25, 0.3) is 0 Å². The first-order chi connectivity index (χ1) is 10.3. The maximum absolute atomic E-state index is 12.0. The van der Waals surface area contributed by atoms with Crippen LogP contribution >= 0.6 is 0 Å². The molecule has 0 atom stereocenters. The van der Waals surface area contributed by atoms with Gasteiger partial charge in [-0.3, -0.25) is 4.98 Å². The van der Waals surface area contributed by atoms with Gasteiger partial charge in [-0.25, -0.2) is 4.79 Å². The number of pyridine rings is 1. The van der Waals surface area contributed by atoms with E-state index in [1.807, 2.05) is 26.8 Å². The number of hydrogen-bond acceptors (Lipinski definition) is 6. The van der Waals surface area contributed by atoms with E-state index in [0.717, 1.165) is 16.8 Å². The number of ether oxygens (including phenoxy) is 2. The summed E-state index contributed by atoms with van der Waals surface area (Å²) in [7, 11) is 0. The van der Waals surface area contributed by atoms with Crippen LogP contribution in [0.2, 0.25) is 0 Å². The van der Waals surface area contributed by atoms with Gasteiger partial charge >= 0.3 is 6.09 Å². The second-order valence-electron chi connectivity index (χ2n) is 6.76. The van der Waals surface area contributed by atoms with E-state index in [0.29, 0.717) is 19.7 Å². The number of likely N-dealkylation sites (tertiary alicyclic amines) is 1. The van der Waals surface area contributed by atoms with Crippen molar-refractivity contribution in [2.75, 3.05) is 13.1 Å². The number of rotatable bonds is 2. The number of aromatic nitrogens is 1. The molecule has 1 spiro atoms. The highest BCUT2D eigenvalue weighted by atomic mass is 16.6. The van der Waals surface area contributed by atoms with E-state index in [9.17, 15) is 9.70 Å². The molecule has 1 aromatic rings. The van der Waals surface area contributed by atoms with Gasteiger partial charge in [-0.15, -0.1) is 0 Å². The van der Waals surface area contributed by atoms with Crippen molar-refractivity contribution in [3.8, 4) is 0 Å². The van der Waals surface area contributed by atoms with Crippen LogP contribution in [0.15, 0.2) is 17.4 Å². The van der Waals surface area contributed by atoms with Gasteiger partial charge in [-0.2, -0.15) is 4.91 Å². The Labute approximate surface area is 128 Å². The van der Waals surface area contributed by atoms with Crippen molar-refractivity contribution < 1.29 is 14.3 Å². The largest absolute Gasteiger partial charge is 0.444 e. The number of fused-ring (bicyclic) bond motifs is 2. The van der Waals surface area contributed by atoms with Gasteiger partial charge in [0.2, 0.25) is 0 Å². The van der Waals surface area contributed by atoms with Crippen LogP contribution in [0.25, 0.3) is 0 Å². The van der Waals surface area contributed by atoms with Gasteiger partial charge in [0.15, 0.2) is 0 Å². The van der Waals surface area contributed by atoms with Gasteiger partial charge in [0.05, 0.1) is 25.4 Å². The molecular formula is C15H19N3O4. The fourth-order valence-electron chi connectivity index (χ4n) is 2.79. The van der Waals surface area contributed by atoms with Crippen molar-refractivity contribution in [3.05, 3.63) is 34.0 Å². The molecule has 0 bridgehead atoms. The van der Waals surface area contributed by atoms with Crippen LogP contribution in [0.3, 0.4) is 0 Å². The molecule has 7 nitrogen and oxygen atoms in total. The Hall–Kier alpha value is -2.02. The Bertz CT molecular complexity index is 618. The van der Waals surface area contributed by atoms with Crippen LogP contribution in [0.1, 0.15) is 37.6 Å². The van der Waals surface area contributed by atoms with Crippen molar-refractivity contribution in [3.63, 3.8) is 0 Å². The van der Waals surface area contributed by atoms with E-state index < -0.39 is 11.2 Å². The fraction of sp³-hybridized carbons (Fsp3) is 0.600. The third-order valence-corrected chi connectivity index (χ3v) is 3.75. The van der Waals surface area contributed by atoms with Crippen molar-refractivity contribution in [2.24, 2.45) is 5.18 Å². The minimum absolute atomic E-state index is 0.108. The summed E-state index contributed by atoms with van der Waals surface area (Å²) < 4.78 is 11.2. The van der Waals surface area contributed by atoms with Crippen LogP contribution in [0, 0.1) is 4.91 Å². The molecule has 1 saturated heterocycles. The zero-order valence-electron chi connectivity index (χ0n) is 13.0. The first-order valence-corrected chi connectivity index (χ1v) is 7.22. The van der Waals surface area contributed by atoms with Crippen LogP contribution in [0.5, 0.6) is 0 Å². The molecule has 118 valence electrons. The molecule has 22 heavy (non-hydrogen) atoms. The van der Waals surface area contributed by atoms with E-state index in [4.69, 9.17) is 9.47 Å². The topological polar surface area (TPSA) is 81.1 Å². The Kier molecular flexibility index (Phi) is 3.40. The van der Waals surface area contributed by atoms with E-state index in [-0.39, 0.29) is 12.6 Å². The summed E-state index contributed by atoms with van der Waals surface area (Å²) in [6.07, 6.45) is 1.31. The first kappa shape index (κ1) is 14.9. The van der Waals surface area contributed by atoms with Gasteiger partial charge in [0.1, 0.15) is 17.7 Å². The first-order valence-electron chi connectivity index (χ1n) is 7.22. The van der Waals surface area contributed by atoms with Crippen molar-refractivity contribution in [1.29, 1.82) is 0 Å². The maximum atomic E-state index is 12.0. The number of hydrogen-bond donors (Lipinski definition) is 0. The monoisotopic (exact) mass is 305 g/mol. The summed E-state index contributed by atoms with van der Waals surface area (Å²) in [5.41, 5.74) is 1.55. The highest BCUT2D eigenvalue weighted by Gasteiger charge is 2.53. The summed E-state index contributed by atoms with van der Waals surface area (Å²) in [6.45, 7) is 6.94. The lowest BCUT2D eigenvalue weighted by molar-refractivity contribution is -0.139. The van der Waals surface area contributed by atoms with E-state index in [1.165, 1.54) is 0 Å². The number of nitroso groups, excluding NO2 is 1. The zero-order valence-corrected chi connectivity index (χ0v) is 13.0. The summed E-state index contributed by atoms with van der Waals surface area (Å²) in [6, 6.07) is 1.90. The lowest BCUT2D eigenvalue weighted by atomic mass is 9.89. The molecule has 2 aliphatic heterocycles. The predicted octanol–water partition coefficient (Wildman–Crippen LogP) is 2.32. The third-order valence-electron chi connectivity index (χ3n) is 3.75. The van der Waals surface area contributed by atoms with Crippen molar-refractivity contribution >= 4 is 6.09 Å². The SMILES string of the molecule is CC(C)(C)OC(=O)N1CC2(C1)OCc1cc(CN=O)cnc12. The average Bonchev–Trinajstić information content (AvgIpc) is 2.74. The molecule has 0 radical (unpaired) electrons. The van der Waals surface area contributed by atoms with Crippen LogP contribution in [-0.2, 0) is 28.2 Å². The Morgan fingerprint density at radius 1 is 1.50 bits per heavy atom. The molecule has 0 unspecified atom stereocenters. The number of nitrogens with zero attached hydrogens (tertiary/aromatic N) is 3. The number of amides is 1. The second-order valence-corrected chi connectivity index (χ2v) is 6.76. The third kappa shape index (κ3) is 2.56. The van der Waals surface area contributed by atoms with Gasteiger partial charge < -0.3 is 14.4 Å². The number of carbonyl (C=O) groups is 1. The lowest BCUT2D eigenvalue weighted by Gasteiger charge is -2.46. The molecule has 0 saturated carbocycles. The normalized spacial score (nSPS) is 18.8. The summed E-state index contributed by atoms with van der Waals surface area (Å²) >= 11 is 0. The van der Waals surface area contributed by atoms with Crippen LogP contribution in [-0.4, -0.2) is 34.7 Å². The highest BCUT2D eigenvalue weighted by Crippen LogP contribution is 2.42. The minimum atomic E-state index is -0.528. The Balaban J connectivity index is 1.70. The van der Waals surface area contributed by atoms with Gasteiger partial charge in [0, 0.05) is 11.8 Å². The van der Waals surface area contributed by atoms with E-state index in [1.54, 1.807) is 11.1 Å². The summed E-state index contributed by atoms with van der Waals surface area (Å²) in [5, 5.41) is 2.87. The molecule has 1 aromatic heterocycles. The standard InChI is InChI=1S/C15H19N3O4/c1-14(2,3)22-13(19)18-8-15(9-18)12-11(7-21-15)4-10(5-16-12)6-17-20/h4-5H,6-9H2,1-3H3. The highest BCUT2D eigenvalue weighted by molar-refractivity contribution is 5.70. The Morgan fingerprint density at radius 2 is 2.23 bits per heavy atom. The van der Waals surface area contributed by atoms with E-state index in [2.05, 4.69) is 10.2 Å². The van der Waals surface area contributed by atoms with E-state index >= 15 is 0 Å². The Morgan fingerprint density at radius 3 is 2.86 bits per heavy atom. The maximum Gasteiger partial charge on any atom is 0.410 e. The smallest absolute Gasteiger partial charge is 0.410 e. The average molecular weight is 305 g/mol. The number of carbonyl (C=O) groups excluding carboxylic acids is 1. The molecule has 2 aliphatic rings. The van der Waals surface area contributed by atoms with Crippen LogP contribution < -0.4 is 0 Å². The molecule has 0 aliphatic carbocycles. The quantitative estimate of drug-likeness (QED) is 0.783. The zero-order chi connectivity index (χ0) is 16.0. The van der Waals surface area contributed by atoms with Gasteiger partial charge in [-0.05, 0) is 32.4 Å². The van der Waals surface area contributed by atoms with Crippen molar-refractivity contribution in [2.45, 2.75) is 45.1 Å². The molecule has 1 fully saturated rings. The summed E-state index contributed by atoms with van der Waals surface area (Å²) in [5.74, 6) is 0. The van der Waals surface area contributed by atoms with Gasteiger partial charge in [-0.1, -0.05) is 5.18 Å². The second kappa shape index (κ2) is 5.01. The molecular weight excluding hydrogens is 286 g/mol. The minimum Gasteiger partial charge on any atom is -0.444 e. The molecule has 3 rings (SSSR count). The molecule has 0 aromatic carbocycles. The molecule has 1 amide bonds.